The van der Waals surface area contributed by atoms with Crippen molar-refractivity contribution < 1.29 is 4.79 Å². The Morgan fingerprint density at radius 3 is 2.34 bits per heavy atom. The van der Waals surface area contributed by atoms with Gasteiger partial charge in [-0.15, -0.1) is 0 Å². The van der Waals surface area contributed by atoms with Crippen molar-refractivity contribution in [2.75, 3.05) is 19.6 Å². The summed E-state index contributed by atoms with van der Waals surface area (Å²) in [5.74, 6) is 0.314. The molecule has 0 bridgehead atoms. The van der Waals surface area contributed by atoms with Crippen molar-refractivity contribution in [3.05, 3.63) is 88.7 Å². The second-order valence-corrected chi connectivity index (χ2v) is 7.39. The van der Waals surface area contributed by atoms with Crippen molar-refractivity contribution in [3.8, 4) is 11.3 Å². The zero-order chi connectivity index (χ0) is 20.2. The average Bonchev–Trinajstić information content (AvgIpc) is 3.21. The lowest BCUT2D eigenvalue weighted by molar-refractivity contribution is -0.131. The van der Waals surface area contributed by atoms with Crippen molar-refractivity contribution in [2.45, 2.75) is 12.5 Å². The molecule has 29 heavy (non-hydrogen) atoms. The van der Waals surface area contributed by atoms with Gasteiger partial charge in [0.25, 0.3) is 5.56 Å². The highest BCUT2D eigenvalue weighted by Gasteiger charge is 2.35. The van der Waals surface area contributed by atoms with Crippen LogP contribution in [-0.2, 0) is 11.3 Å². The lowest BCUT2D eigenvalue weighted by Crippen LogP contribution is -2.36. The van der Waals surface area contributed by atoms with E-state index in [1.807, 2.05) is 48.5 Å². The maximum atomic E-state index is 12.9. The van der Waals surface area contributed by atoms with E-state index < -0.39 is 0 Å². The molecule has 6 nitrogen and oxygen atoms in total. The van der Waals surface area contributed by atoms with Crippen LogP contribution in [-0.4, -0.2) is 40.2 Å². The van der Waals surface area contributed by atoms with Crippen LogP contribution in [0, 0.1) is 5.92 Å². The molecule has 2 aromatic carbocycles. The normalized spacial score (nSPS) is 18.7. The Bertz CT molecular complexity index is 1030. The molecule has 1 aliphatic heterocycles. The standard InChI is InChI=1S/C23H24N4O2/c24-13-19-14-26(15-20(19)17-7-3-1-4-8-17)23(29)16-27-22(28)12-11-21(25-27)18-9-5-2-6-10-18/h1-12,19-20H,13-16,24H2/t19-,20+/m1/s1. The first-order chi connectivity index (χ1) is 14.2. The van der Waals surface area contributed by atoms with Gasteiger partial charge in [-0.2, -0.15) is 5.10 Å². The molecule has 148 valence electrons. The lowest BCUT2D eigenvalue weighted by atomic mass is 9.89. The molecule has 6 heteroatoms. The zero-order valence-electron chi connectivity index (χ0n) is 16.1. The number of hydrogen-bond acceptors (Lipinski definition) is 4. The number of rotatable bonds is 5. The summed E-state index contributed by atoms with van der Waals surface area (Å²) in [4.78, 5) is 27.0. The van der Waals surface area contributed by atoms with Crippen molar-refractivity contribution >= 4 is 5.91 Å². The summed E-state index contributed by atoms with van der Waals surface area (Å²) in [6.45, 7) is 1.66. The van der Waals surface area contributed by atoms with Gasteiger partial charge in [-0.1, -0.05) is 60.7 Å². The minimum Gasteiger partial charge on any atom is -0.340 e. The van der Waals surface area contributed by atoms with Crippen LogP contribution in [0.15, 0.2) is 77.6 Å². The maximum Gasteiger partial charge on any atom is 0.267 e. The first-order valence-corrected chi connectivity index (χ1v) is 9.82. The number of carbonyl (C=O) groups excluding carboxylic acids is 1. The molecule has 2 atom stereocenters. The SMILES string of the molecule is NC[C@@H]1CN(C(=O)Cn2nc(-c3ccccc3)ccc2=O)C[C@H]1c1ccccc1. The highest BCUT2D eigenvalue weighted by Crippen LogP contribution is 2.32. The lowest BCUT2D eigenvalue weighted by Gasteiger charge is -2.17. The smallest absolute Gasteiger partial charge is 0.267 e. The molecule has 1 saturated heterocycles. The molecule has 4 rings (SSSR count). The first-order valence-electron chi connectivity index (χ1n) is 9.82. The summed E-state index contributed by atoms with van der Waals surface area (Å²) < 4.78 is 1.25. The molecule has 0 aliphatic carbocycles. The Balaban J connectivity index is 1.52. The van der Waals surface area contributed by atoms with E-state index >= 15 is 0 Å². The fourth-order valence-corrected chi connectivity index (χ4v) is 3.94. The van der Waals surface area contributed by atoms with Gasteiger partial charge in [0.05, 0.1) is 5.69 Å². The number of hydrogen-bond donors (Lipinski definition) is 1. The summed E-state index contributed by atoms with van der Waals surface area (Å²) >= 11 is 0. The van der Waals surface area contributed by atoms with Crippen LogP contribution in [0.5, 0.6) is 0 Å². The van der Waals surface area contributed by atoms with E-state index in [2.05, 4.69) is 17.2 Å². The number of benzene rings is 2. The molecule has 1 aliphatic rings. The monoisotopic (exact) mass is 388 g/mol. The maximum absolute atomic E-state index is 12.9. The van der Waals surface area contributed by atoms with Crippen LogP contribution >= 0.6 is 0 Å². The molecule has 0 spiro atoms. The van der Waals surface area contributed by atoms with Gasteiger partial charge in [0.2, 0.25) is 5.91 Å². The van der Waals surface area contributed by atoms with Crippen molar-refractivity contribution in [1.82, 2.24) is 14.7 Å². The van der Waals surface area contributed by atoms with Crippen LogP contribution in [0.1, 0.15) is 11.5 Å². The van der Waals surface area contributed by atoms with E-state index in [4.69, 9.17) is 5.73 Å². The third-order valence-electron chi connectivity index (χ3n) is 5.55. The summed E-state index contributed by atoms with van der Waals surface area (Å²) in [7, 11) is 0. The molecule has 1 amide bonds. The molecular weight excluding hydrogens is 364 g/mol. The molecule has 1 aromatic heterocycles. The Morgan fingerprint density at radius 1 is 0.966 bits per heavy atom. The Morgan fingerprint density at radius 2 is 1.66 bits per heavy atom. The molecule has 2 N–H and O–H groups in total. The first kappa shape index (κ1) is 19.1. The van der Waals surface area contributed by atoms with Crippen molar-refractivity contribution in [1.29, 1.82) is 0 Å². The van der Waals surface area contributed by atoms with Crippen LogP contribution in [0.3, 0.4) is 0 Å². The summed E-state index contributed by atoms with van der Waals surface area (Å²) in [6.07, 6.45) is 0. The number of nitrogens with zero attached hydrogens (tertiary/aromatic N) is 3. The Hall–Kier alpha value is -3.25. The second-order valence-electron chi connectivity index (χ2n) is 7.39. The molecule has 3 aromatic rings. The summed E-state index contributed by atoms with van der Waals surface area (Å²) in [5, 5.41) is 4.40. The van der Waals surface area contributed by atoms with Gasteiger partial charge in [-0.3, -0.25) is 9.59 Å². The number of aromatic nitrogens is 2. The van der Waals surface area contributed by atoms with Gasteiger partial charge in [-0.05, 0) is 24.1 Å². The number of carbonyl (C=O) groups is 1. The predicted octanol–water partition coefficient (Wildman–Crippen LogP) is 2.11. The highest BCUT2D eigenvalue weighted by atomic mass is 16.2. The zero-order valence-corrected chi connectivity index (χ0v) is 16.1. The Labute approximate surface area is 169 Å². The number of nitrogens with two attached hydrogens (primary N) is 1. The van der Waals surface area contributed by atoms with Gasteiger partial charge in [-0.25, -0.2) is 4.68 Å². The number of likely N-dealkylation sites (tertiary alicyclic amines) is 1. The Kier molecular flexibility index (Phi) is 5.53. The molecule has 0 unspecified atom stereocenters. The fraction of sp³-hybridized carbons (Fsp3) is 0.261. The van der Waals surface area contributed by atoms with Crippen LogP contribution in [0.2, 0.25) is 0 Å². The van der Waals surface area contributed by atoms with E-state index in [9.17, 15) is 9.59 Å². The number of amides is 1. The molecule has 1 fully saturated rings. The summed E-state index contributed by atoms with van der Waals surface area (Å²) in [5.41, 5.74) is 8.46. The van der Waals surface area contributed by atoms with Gasteiger partial charge >= 0.3 is 0 Å². The predicted molar refractivity (Wildman–Crippen MR) is 112 cm³/mol. The molecule has 0 radical (unpaired) electrons. The fourth-order valence-electron chi connectivity index (χ4n) is 3.94. The quantitative estimate of drug-likeness (QED) is 0.726. The largest absolute Gasteiger partial charge is 0.340 e. The minimum absolute atomic E-state index is 0.0711. The van der Waals surface area contributed by atoms with Gasteiger partial charge in [0.1, 0.15) is 6.54 Å². The van der Waals surface area contributed by atoms with E-state index in [1.54, 1.807) is 11.0 Å². The van der Waals surface area contributed by atoms with Gasteiger partial charge in [0, 0.05) is 30.6 Å². The third kappa shape index (κ3) is 4.12. The van der Waals surface area contributed by atoms with E-state index in [-0.39, 0.29) is 29.8 Å². The van der Waals surface area contributed by atoms with E-state index in [0.717, 1.165) is 5.56 Å². The van der Waals surface area contributed by atoms with Gasteiger partial charge < -0.3 is 10.6 Å². The van der Waals surface area contributed by atoms with Crippen LogP contribution in [0.25, 0.3) is 11.3 Å². The molecule has 2 heterocycles. The minimum atomic E-state index is -0.285. The third-order valence-corrected chi connectivity index (χ3v) is 5.55. The van der Waals surface area contributed by atoms with Gasteiger partial charge in [0.15, 0.2) is 0 Å². The van der Waals surface area contributed by atoms with Crippen LogP contribution < -0.4 is 11.3 Å². The topological polar surface area (TPSA) is 81.2 Å². The highest BCUT2D eigenvalue weighted by molar-refractivity contribution is 5.76. The van der Waals surface area contributed by atoms with Crippen LogP contribution in [0.4, 0.5) is 0 Å². The average molecular weight is 388 g/mol. The van der Waals surface area contributed by atoms with E-state index in [1.165, 1.54) is 16.3 Å². The van der Waals surface area contributed by atoms with E-state index in [0.29, 0.717) is 25.3 Å². The van der Waals surface area contributed by atoms with Crippen molar-refractivity contribution in [3.63, 3.8) is 0 Å². The second kappa shape index (κ2) is 8.41. The molecule has 0 saturated carbocycles. The summed E-state index contributed by atoms with van der Waals surface area (Å²) in [6, 6.07) is 22.9. The van der Waals surface area contributed by atoms with Crippen molar-refractivity contribution in [2.24, 2.45) is 11.7 Å². The molecular formula is C23H24N4O2.